The van der Waals surface area contributed by atoms with Crippen molar-refractivity contribution in [2.75, 3.05) is 13.1 Å². The van der Waals surface area contributed by atoms with Gasteiger partial charge in [-0.2, -0.15) is 0 Å². The van der Waals surface area contributed by atoms with Crippen molar-refractivity contribution in [2.45, 2.75) is 49.5 Å². The van der Waals surface area contributed by atoms with Crippen molar-refractivity contribution in [3.05, 3.63) is 94.3 Å². The molecule has 2 aliphatic heterocycles. The normalized spacial score (nSPS) is 34.7. The number of nitrogens with zero attached hydrogens (tertiary/aromatic N) is 2. The van der Waals surface area contributed by atoms with Gasteiger partial charge < -0.3 is 14.9 Å². The van der Waals surface area contributed by atoms with Crippen molar-refractivity contribution >= 4 is 17.6 Å². The average molecular weight is 507 g/mol. The number of hydrogen-bond donors (Lipinski definition) is 1. The monoisotopic (exact) mass is 506 g/mol. The molecule has 2 saturated carbocycles. The summed E-state index contributed by atoms with van der Waals surface area (Å²) < 4.78 is 0. The number of likely N-dealkylation sites (tertiary alicyclic amines) is 2. The van der Waals surface area contributed by atoms with Gasteiger partial charge in [0.1, 0.15) is 0 Å². The molecule has 2 spiro atoms. The Morgan fingerprint density at radius 3 is 2.42 bits per heavy atom. The van der Waals surface area contributed by atoms with E-state index in [1.54, 1.807) is 6.08 Å². The summed E-state index contributed by atoms with van der Waals surface area (Å²) >= 11 is 0. The Morgan fingerprint density at radius 1 is 0.947 bits per heavy atom. The van der Waals surface area contributed by atoms with Crippen LogP contribution in [0.2, 0.25) is 0 Å². The van der Waals surface area contributed by atoms with Gasteiger partial charge in [0, 0.05) is 59.8 Å². The Balaban J connectivity index is 0.959. The zero-order valence-corrected chi connectivity index (χ0v) is 21.4. The van der Waals surface area contributed by atoms with Gasteiger partial charge in [0.2, 0.25) is 11.8 Å². The van der Waals surface area contributed by atoms with Crippen LogP contribution in [0.15, 0.2) is 72.1 Å². The van der Waals surface area contributed by atoms with E-state index in [1.165, 1.54) is 0 Å². The minimum atomic E-state index is -0.708. The first-order chi connectivity index (χ1) is 18.4. The predicted octanol–water partition coefficient (Wildman–Crippen LogP) is 4.01. The second kappa shape index (κ2) is 7.32. The van der Waals surface area contributed by atoms with E-state index in [2.05, 4.69) is 13.0 Å². The number of piperidine rings is 2. The standard InChI is InChI=1S/C32H30N2O4/c1-18-24-17-34(28-14-26(36)21-8-3-5-10-23(21)32(18,24)28)30(38)12-6-11-29(37)33-16-19-15-31(19)22-9-4-2-7-20(22)25(35)13-27(31)33/h2-5,7-10,13-14,18-19,24,26,36H,6,11-12,15-17H2,1H3/t18-,19-,24+,26?,31?,32?/m1/s1. The fourth-order valence-electron chi connectivity index (χ4n) is 8.60. The van der Waals surface area contributed by atoms with E-state index in [0.717, 1.165) is 40.1 Å². The van der Waals surface area contributed by atoms with Gasteiger partial charge in [-0.05, 0) is 53.4 Å². The number of aliphatic hydroxyl groups excluding tert-OH is 1. The first-order valence-corrected chi connectivity index (χ1v) is 13.9. The zero-order chi connectivity index (χ0) is 26.0. The molecule has 1 N–H and O–H groups in total. The smallest absolute Gasteiger partial charge is 0.226 e. The second-order valence-electron chi connectivity index (χ2n) is 12.0. The van der Waals surface area contributed by atoms with Gasteiger partial charge in [0.05, 0.1) is 6.10 Å². The molecule has 4 aliphatic carbocycles. The molecule has 192 valence electrons. The third kappa shape index (κ3) is 2.59. The highest BCUT2D eigenvalue weighted by atomic mass is 16.3. The van der Waals surface area contributed by atoms with Crippen molar-refractivity contribution in [2.24, 2.45) is 17.8 Å². The molecule has 2 aromatic rings. The molecule has 4 fully saturated rings. The van der Waals surface area contributed by atoms with Crippen molar-refractivity contribution < 1.29 is 19.5 Å². The molecule has 6 atom stereocenters. The number of fused-ring (bicyclic) bond motifs is 2. The van der Waals surface area contributed by atoms with Crippen LogP contribution < -0.4 is 0 Å². The summed E-state index contributed by atoms with van der Waals surface area (Å²) in [4.78, 5) is 43.1. The topological polar surface area (TPSA) is 77.9 Å². The van der Waals surface area contributed by atoms with E-state index < -0.39 is 6.10 Å². The minimum Gasteiger partial charge on any atom is -0.384 e. The third-order valence-electron chi connectivity index (χ3n) is 10.5. The van der Waals surface area contributed by atoms with Gasteiger partial charge in [0.25, 0.3) is 0 Å². The van der Waals surface area contributed by atoms with Crippen LogP contribution in [0.4, 0.5) is 0 Å². The fourth-order valence-corrected chi connectivity index (χ4v) is 8.60. The highest BCUT2D eigenvalue weighted by molar-refractivity contribution is 6.09. The number of carbonyl (C=O) groups is 3. The Morgan fingerprint density at radius 2 is 1.63 bits per heavy atom. The Labute approximate surface area is 221 Å². The molecule has 2 amide bonds. The largest absolute Gasteiger partial charge is 0.384 e. The van der Waals surface area contributed by atoms with Crippen LogP contribution in [0, 0.1) is 17.8 Å². The lowest BCUT2D eigenvalue weighted by Gasteiger charge is -2.33. The van der Waals surface area contributed by atoms with E-state index in [9.17, 15) is 19.5 Å². The summed E-state index contributed by atoms with van der Waals surface area (Å²) in [5, 5.41) is 10.8. The maximum absolute atomic E-state index is 13.4. The number of amides is 2. The van der Waals surface area contributed by atoms with Crippen LogP contribution in [0.3, 0.4) is 0 Å². The van der Waals surface area contributed by atoms with Crippen LogP contribution in [-0.2, 0) is 20.4 Å². The van der Waals surface area contributed by atoms with Gasteiger partial charge in [0.15, 0.2) is 5.78 Å². The maximum Gasteiger partial charge on any atom is 0.226 e. The molecule has 38 heavy (non-hydrogen) atoms. The van der Waals surface area contributed by atoms with Crippen LogP contribution >= 0.6 is 0 Å². The molecular formula is C32H30N2O4. The summed E-state index contributed by atoms with van der Waals surface area (Å²) in [6.07, 6.45) is 4.88. The lowest BCUT2D eigenvalue weighted by Crippen LogP contribution is -2.35. The summed E-state index contributed by atoms with van der Waals surface area (Å²) in [7, 11) is 0. The molecule has 6 heteroatoms. The van der Waals surface area contributed by atoms with Gasteiger partial charge in [-0.3, -0.25) is 14.4 Å². The van der Waals surface area contributed by atoms with E-state index in [4.69, 9.17) is 0 Å². The molecular weight excluding hydrogens is 476 g/mol. The molecule has 0 bridgehead atoms. The van der Waals surface area contributed by atoms with Crippen molar-refractivity contribution in [1.82, 2.24) is 9.80 Å². The molecule has 0 aromatic heterocycles. The summed E-state index contributed by atoms with van der Waals surface area (Å²) in [5.41, 5.74) is 5.40. The molecule has 6 nitrogen and oxygen atoms in total. The molecule has 2 heterocycles. The number of benzene rings is 2. The van der Waals surface area contributed by atoms with E-state index in [-0.39, 0.29) is 34.8 Å². The lowest BCUT2D eigenvalue weighted by atomic mass is 9.79. The number of ketones is 1. The predicted molar refractivity (Wildman–Crippen MR) is 140 cm³/mol. The number of hydrogen-bond acceptors (Lipinski definition) is 4. The van der Waals surface area contributed by atoms with E-state index >= 15 is 0 Å². The van der Waals surface area contributed by atoms with Crippen LogP contribution in [-0.4, -0.2) is 45.6 Å². The Kier molecular flexibility index (Phi) is 4.33. The maximum atomic E-state index is 13.4. The van der Waals surface area contributed by atoms with Gasteiger partial charge in [-0.25, -0.2) is 0 Å². The third-order valence-corrected chi connectivity index (χ3v) is 10.5. The average Bonchev–Trinajstić information content (AvgIpc) is 3.67. The molecule has 6 aliphatic rings. The second-order valence-corrected chi connectivity index (χ2v) is 12.0. The quantitative estimate of drug-likeness (QED) is 0.680. The molecule has 2 aromatic carbocycles. The SMILES string of the molecule is C[C@@H]1[C@@H]2CN(C(=O)CCCC(=O)N3C[C@H]4CC45C3=CC(=O)c3ccccc35)C3=CC(O)c4ccccc4C312. The Hall–Kier alpha value is -3.51. The van der Waals surface area contributed by atoms with Gasteiger partial charge in [-0.1, -0.05) is 55.5 Å². The molecule has 8 rings (SSSR count). The first kappa shape index (κ1) is 22.5. The minimum absolute atomic E-state index is 0.00148. The molecule has 3 unspecified atom stereocenters. The first-order valence-electron chi connectivity index (χ1n) is 13.9. The van der Waals surface area contributed by atoms with E-state index in [0.29, 0.717) is 43.7 Å². The zero-order valence-electron chi connectivity index (χ0n) is 21.4. The number of carbonyl (C=O) groups excluding carboxylic acids is 3. The van der Waals surface area contributed by atoms with Crippen LogP contribution in [0.5, 0.6) is 0 Å². The number of rotatable bonds is 4. The van der Waals surface area contributed by atoms with E-state index in [1.807, 2.05) is 58.3 Å². The summed E-state index contributed by atoms with van der Waals surface area (Å²) in [5.74, 6) is 1.19. The highest BCUT2D eigenvalue weighted by Gasteiger charge is 2.72. The van der Waals surface area contributed by atoms with Crippen molar-refractivity contribution in [3.8, 4) is 0 Å². The molecule has 0 radical (unpaired) electrons. The van der Waals surface area contributed by atoms with Crippen molar-refractivity contribution in [1.29, 1.82) is 0 Å². The number of allylic oxidation sites excluding steroid dienone is 3. The summed E-state index contributed by atoms with van der Waals surface area (Å²) in [6.45, 7) is 3.56. The Bertz CT molecular complexity index is 1520. The molecule has 2 saturated heterocycles. The van der Waals surface area contributed by atoms with Crippen LogP contribution in [0.25, 0.3) is 0 Å². The number of aliphatic hydroxyl groups is 1. The van der Waals surface area contributed by atoms with Crippen LogP contribution in [0.1, 0.15) is 65.8 Å². The van der Waals surface area contributed by atoms with Crippen molar-refractivity contribution in [3.63, 3.8) is 0 Å². The van der Waals surface area contributed by atoms with Gasteiger partial charge >= 0.3 is 0 Å². The lowest BCUT2D eigenvalue weighted by molar-refractivity contribution is -0.130. The highest BCUT2D eigenvalue weighted by Crippen LogP contribution is 2.71. The summed E-state index contributed by atoms with van der Waals surface area (Å²) in [6, 6.07) is 15.9. The fraction of sp³-hybridized carbons (Fsp3) is 0.406. The van der Waals surface area contributed by atoms with Gasteiger partial charge in [-0.15, -0.1) is 0 Å².